The Morgan fingerprint density at radius 2 is 2.12 bits per heavy atom. The molecule has 0 radical (unpaired) electrons. The fourth-order valence-corrected chi connectivity index (χ4v) is 1.46. The Hall–Kier alpha value is -2.23. The third-order valence-electron chi connectivity index (χ3n) is 2.35. The van der Waals surface area contributed by atoms with Gasteiger partial charge >= 0.3 is 0 Å². The molecule has 0 aliphatic rings. The fourth-order valence-electron chi connectivity index (χ4n) is 1.46. The number of nitrogens with zero attached hydrogens (tertiary/aromatic N) is 2. The van der Waals surface area contributed by atoms with Gasteiger partial charge in [-0.2, -0.15) is 0 Å². The van der Waals surface area contributed by atoms with Crippen molar-refractivity contribution in [2.45, 2.75) is 13.0 Å². The van der Waals surface area contributed by atoms with Crippen LogP contribution in [-0.2, 0) is 0 Å². The zero-order chi connectivity index (χ0) is 12.1. The molecule has 0 N–H and O–H groups in total. The Balaban J connectivity index is 2.18. The molecule has 0 aliphatic carbocycles. The van der Waals surface area contributed by atoms with Crippen molar-refractivity contribution in [3.8, 4) is 5.75 Å². The summed E-state index contributed by atoms with van der Waals surface area (Å²) < 4.78 is 5.69. The van der Waals surface area contributed by atoms with Crippen molar-refractivity contribution in [2.75, 3.05) is 0 Å². The van der Waals surface area contributed by atoms with Gasteiger partial charge in [-0.1, -0.05) is 12.1 Å². The van der Waals surface area contributed by atoms with Crippen LogP contribution in [0.2, 0.25) is 0 Å². The molecule has 2 rings (SSSR count). The highest BCUT2D eigenvalue weighted by atomic mass is 16.5. The standard InChI is InChI=1S/C13H12N2O2/c1-10(12-8-14-6-7-15-12)17-13-5-3-2-4-11(13)9-16/h2-10H,1H3. The van der Waals surface area contributed by atoms with E-state index in [1.807, 2.05) is 13.0 Å². The highest BCUT2D eigenvalue weighted by molar-refractivity contribution is 5.79. The Morgan fingerprint density at radius 1 is 1.29 bits per heavy atom. The van der Waals surface area contributed by atoms with Crippen molar-refractivity contribution in [3.05, 3.63) is 54.1 Å². The van der Waals surface area contributed by atoms with Gasteiger partial charge in [0.1, 0.15) is 11.9 Å². The molecular formula is C13H12N2O2. The zero-order valence-electron chi connectivity index (χ0n) is 9.41. The average Bonchev–Trinajstić information content (AvgIpc) is 2.40. The van der Waals surface area contributed by atoms with Gasteiger partial charge in [-0.25, -0.2) is 0 Å². The molecule has 1 heterocycles. The van der Waals surface area contributed by atoms with Gasteiger partial charge in [-0.05, 0) is 19.1 Å². The van der Waals surface area contributed by atoms with E-state index in [2.05, 4.69) is 9.97 Å². The normalized spacial score (nSPS) is 11.8. The maximum Gasteiger partial charge on any atom is 0.153 e. The lowest BCUT2D eigenvalue weighted by atomic mass is 10.2. The van der Waals surface area contributed by atoms with Crippen LogP contribution in [-0.4, -0.2) is 16.3 Å². The van der Waals surface area contributed by atoms with Crippen LogP contribution in [0.3, 0.4) is 0 Å². The molecule has 0 amide bonds. The van der Waals surface area contributed by atoms with Gasteiger partial charge in [0.2, 0.25) is 0 Å². The van der Waals surface area contributed by atoms with E-state index >= 15 is 0 Å². The monoisotopic (exact) mass is 228 g/mol. The predicted octanol–water partition coefficient (Wildman–Crippen LogP) is 2.43. The highest BCUT2D eigenvalue weighted by Gasteiger charge is 2.10. The Kier molecular flexibility index (Phi) is 3.45. The van der Waals surface area contributed by atoms with Crippen LogP contribution in [0.4, 0.5) is 0 Å². The van der Waals surface area contributed by atoms with E-state index in [0.29, 0.717) is 11.3 Å². The fraction of sp³-hybridized carbons (Fsp3) is 0.154. The minimum Gasteiger partial charge on any atom is -0.484 e. The molecule has 4 heteroatoms. The minimum atomic E-state index is -0.246. The van der Waals surface area contributed by atoms with Gasteiger partial charge in [0.15, 0.2) is 6.29 Å². The molecule has 86 valence electrons. The van der Waals surface area contributed by atoms with E-state index in [1.165, 1.54) is 0 Å². The molecule has 17 heavy (non-hydrogen) atoms. The van der Waals surface area contributed by atoms with Crippen molar-refractivity contribution in [1.29, 1.82) is 0 Å². The van der Waals surface area contributed by atoms with Crippen LogP contribution < -0.4 is 4.74 Å². The quantitative estimate of drug-likeness (QED) is 0.754. The van der Waals surface area contributed by atoms with Crippen molar-refractivity contribution in [2.24, 2.45) is 0 Å². The summed E-state index contributed by atoms with van der Waals surface area (Å²) in [7, 11) is 0. The van der Waals surface area contributed by atoms with Crippen molar-refractivity contribution < 1.29 is 9.53 Å². The molecule has 0 spiro atoms. The van der Waals surface area contributed by atoms with E-state index in [-0.39, 0.29) is 6.10 Å². The van der Waals surface area contributed by atoms with E-state index in [9.17, 15) is 4.79 Å². The number of hydrogen-bond donors (Lipinski definition) is 0. The van der Waals surface area contributed by atoms with E-state index in [0.717, 1.165) is 12.0 Å². The van der Waals surface area contributed by atoms with Gasteiger partial charge in [0.25, 0.3) is 0 Å². The molecular weight excluding hydrogens is 216 g/mol. The maximum absolute atomic E-state index is 10.8. The van der Waals surface area contributed by atoms with Crippen molar-refractivity contribution >= 4 is 6.29 Å². The summed E-state index contributed by atoms with van der Waals surface area (Å²) in [6.45, 7) is 1.87. The summed E-state index contributed by atoms with van der Waals surface area (Å²) in [4.78, 5) is 19.0. The third kappa shape index (κ3) is 2.66. The second-order valence-electron chi connectivity index (χ2n) is 3.55. The lowest BCUT2D eigenvalue weighted by Gasteiger charge is -2.14. The van der Waals surface area contributed by atoms with Crippen LogP contribution in [0.1, 0.15) is 29.1 Å². The largest absolute Gasteiger partial charge is 0.484 e. The lowest BCUT2D eigenvalue weighted by molar-refractivity contribution is 0.111. The van der Waals surface area contributed by atoms with Gasteiger partial charge in [-0.15, -0.1) is 0 Å². The first-order valence-electron chi connectivity index (χ1n) is 5.28. The Labute approximate surface area is 99.3 Å². The van der Waals surface area contributed by atoms with Crippen LogP contribution >= 0.6 is 0 Å². The molecule has 0 saturated carbocycles. The number of aromatic nitrogens is 2. The molecule has 0 saturated heterocycles. The topological polar surface area (TPSA) is 52.1 Å². The number of ether oxygens (including phenoxy) is 1. The third-order valence-corrected chi connectivity index (χ3v) is 2.35. The highest BCUT2D eigenvalue weighted by Crippen LogP contribution is 2.22. The average molecular weight is 228 g/mol. The van der Waals surface area contributed by atoms with E-state index in [4.69, 9.17) is 4.74 Å². The number of hydrogen-bond acceptors (Lipinski definition) is 4. The first-order valence-corrected chi connectivity index (χ1v) is 5.28. The zero-order valence-corrected chi connectivity index (χ0v) is 9.41. The molecule has 0 aliphatic heterocycles. The first-order chi connectivity index (χ1) is 8.31. The van der Waals surface area contributed by atoms with E-state index in [1.54, 1.807) is 36.8 Å². The van der Waals surface area contributed by atoms with Crippen LogP contribution in [0.15, 0.2) is 42.9 Å². The second kappa shape index (κ2) is 5.21. The smallest absolute Gasteiger partial charge is 0.153 e. The molecule has 4 nitrogen and oxygen atoms in total. The number of rotatable bonds is 4. The van der Waals surface area contributed by atoms with E-state index < -0.39 is 0 Å². The van der Waals surface area contributed by atoms with Crippen LogP contribution in [0, 0.1) is 0 Å². The number of para-hydroxylation sites is 1. The summed E-state index contributed by atoms with van der Waals surface area (Å²) in [5.41, 5.74) is 1.26. The molecule has 1 unspecified atom stereocenters. The molecule has 1 atom stereocenters. The van der Waals surface area contributed by atoms with Gasteiger partial charge in [0, 0.05) is 12.4 Å². The number of benzene rings is 1. The minimum absolute atomic E-state index is 0.246. The van der Waals surface area contributed by atoms with Gasteiger partial charge in [-0.3, -0.25) is 14.8 Å². The Bertz CT molecular complexity index is 500. The van der Waals surface area contributed by atoms with Crippen LogP contribution in [0.5, 0.6) is 5.75 Å². The molecule has 1 aromatic heterocycles. The first kappa shape index (κ1) is 11.3. The van der Waals surface area contributed by atoms with Crippen molar-refractivity contribution in [1.82, 2.24) is 9.97 Å². The Morgan fingerprint density at radius 3 is 2.82 bits per heavy atom. The van der Waals surface area contributed by atoms with Gasteiger partial charge in [0.05, 0.1) is 17.5 Å². The summed E-state index contributed by atoms with van der Waals surface area (Å²) in [6, 6.07) is 7.09. The molecule has 0 fully saturated rings. The lowest BCUT2D eigenvalue weighted by Crippen LogP contribution is -2.06. The number of aldehydes is 1. The second-order valence-corrected chi connectivity index (χ2v) is 3.55. The summed E-state index contributed by atoms with van der Waals surface area (Å²) in [5.74, 6) is 0.556. The summed E-state index contributed by atoms with van der Waals surface area (Å²) in [6.07, 6.45) is 5.40. The number of carbonyl (C=O) groups excluding carboxylic acids is 1. The molecule has 1 aromatic carbocycles. The summed E-state index contributed by atoms with van der Waals surface area (Å²) in [5, 5.41) is 0. The summed E-state index contributed by atoms with van der Waals surface area (Å²) >= 11 is 0. The van der Waals surface area contributed by atoms with Crippen LogP contribution in [0.25, 0.3) is 0 Å². The predicted molar refractivity (Wildman–Crippen MR) is 62.9 cm³/mol. The van der Waals surface area contributed by atoms with Crippen molar-refractivity contribution in [3.63, 3.8) is 0 Å². The molecule has 2 aromatic rings. The molecule has 0 bridgehead atoms. The SMILES string of the molecule is CC(Oc1ccccc1C=O)c1cnccn1. The maximum atomic E-state index is 10.8. The number of carbonyl (C=O) groups is 1. The van der Waals surface area contributed by atoms with Gasteiger partial charge < -0.3 is 4.74 Å².